The molecule has 0 radical (unpaired) electrons. The molecule has 2 aromatic heterocycles. The average Bonchev–Trinajstić information content (AvgIpc) is 3.04. The van der Waals surface area contributed by atoms with Crippen LogP contribution in [-0.2, 0) is 17.9 Å². The Bertz CT molecular complexity index is 659. The number of anilines is 1. The summed E-state index contributed by atoms with van der Waals surface area (Å²) in [6, 6.07) is 0. The molecule has 0 bridgehead atoms. The molecule has 0 spiro atoms. The van der Waals surface area contributed by atoms with Gasteiger partial charge in [0, 0.05) is 18.9 Å². The van der Waals surface area contributed by atoms with Gasteiger partial charge in [-0.2, -0.15) is 10.2 Å². The van der Waals surface area contributed by atoms with E-state index in [9.17, 15) is 9.59 Å². The van der Waals surface area contributed by atoms with Crippen molar-refractivity contribution < 1.29 is 14.7 Å². The van der Waals surface area contributed by atoms with E-state index in [4.69, 9.17) is 5.11 Å². The van der Waals surface area contributed by atoms with Crippen LogP contribution in [-0.4, -0.2) is 36.5 Å². The zero-order valence-electron chi connectivity index (χ0n) is 11.9. The lowest BCUT2D eigenvalue weighted by Gasteiger charge is -2.00. The predicted molar refractivity (Wildman–Crippen MR) is 75.1 cm³/mol. The highest BCUT2D eigenvalue weighted by Crippen LogP contribution is 2.13. The van der Waals surface area contributed by atoms with Crippen molar-refractivity contribution in [3.05, 3.63) is 29.8 Å². The van der Waals surface area contributed by atoms with Gasteiger partial charge < -0.3 is 10.4 Å². The van der Waals surface area contributed by atoms with Crippen LogP contribution < -0.4 is 5.32 Å². The molecule has 0 aromatic carbocycles. The van der Waals surface area contributed by atoms with Crippen molar-refractivity contribution in [2.75, 3.05) is 5.32 Å². The molecule has 0 aliphatic carbocycles. The minimum Gasteiger partial charge on any atom is -0.481 e. The van der Waals surface area contributed by atoms with E-state index in [0.29, 0.717) is 11.3 Å². The van der Waals surface area contributed by atoms with Gasteiger partial charge in [-0.05, 0) is 13.8 Å². The summed E-state index contributed by atoms with van der Waals surface area (Å²) in [6.07, 6.45) is 4.67. The Morgan fingerprint density at radius 1 is 1.33 bits per heavy atom. The maximum absolute atomic E-state index is 12.1. The molecule has 112 valence electrons. The number of carbonyl (C=O) groups is 2. The van der Waals surface area contributed by atoms with Crippen LogP contribution in [0.1, 0.15) is 29.4 Å². The highest BCUT2D eigenvalue weighted by molar-refractivity contribution is 6.04. The molecule has 1 amide bonds. The topological polar surface area (TPSA) is 102 Å². The molecule has 2 aromatic rings. The van der Waals surface area contributed by atoms with Crippen molar-refractivity contribution in [2.24, 2.45) is 0 Å². The highest BCUT2D eigenvalue weighted by Gasteiger charge is 2.12. The zero-order valence-corrected chi connectivity index (χ0v) is 11.9. The molecule has 2 N–H and O–H groups in total. The summed E-state index contributed by atoms with van der Waals surface area (Å²) in [7, 11) is 0. The molecule has 8 nitrogen and oxygen atoms in total. The summed E-state index contributed by atoms with van der Waals surface area (Å²) in [4.78, 5) is 22.6. The number of rotatable bonds is 6. The lowest BCUT2D eigenvalue weighted by molar-refractivity contribution is -0.137. The number of carboxylic acid groups (broad SMARTS) is 1. The van der Waals surface area contributed by atoms with Crippen LogP contribution in [0.4, 0.5) is 5.69 Å². The number of amides is 1. The second-order valence-electron chi connectivity index (χ2n) is 4.57. The van der Waals surface area contributed by atoms with Crippen LogP contribution >= 0.6 is 0 Å². The van der Waals surface area contributed by atoms with E-state index >= 15 is 0 Å². The first-order valence-corrected chi connectivity index (χ1v) is 6.59. The van der Waals surface area contributed by atoms with E-state index in [2.05, 4.69) is 15.5 Å². The van der Waals surface area contributed by atoms with Gasteiger partial charge in [0.1, 0.15) is 0 Å². The van der Waals surface area contributed by atoms with Gasteiger partial charge >= 0.3 is 5.97 Å². The molecule has 0 saturated heterocycles. The van der Waals surface area contributed by atoms with Gasteiger partial charge in [0.2, 0.25) is 0 Å². The number of nitrogens with one attached hydrogen (secondary N) is 1. The van der Waals surface area contributed by atoms with Gasteiger partial charge in [0.25, 0.3) is 5.91 Å². The smallest absolute Gasteiger partial charge is 0.305 e. The van der Waals surface area contributed by atoms with Gasteiger partial charge in [0.15, 0.2) is 0 Å². The summed E-state index contributed by atoms with van der Waals surface area (Å²) < 4.78 is 3.17. The first-order valence-electron chi connectivity index (χ1n) is 6.59. The number of hydrogen-bond donors (Lipinski definition) is 2. The van der Waals surface area contributed by atoms with E-state index < -0.39 is 5.97 Å². The van der Waals surface area contributed by atoms with E-state index in [1.165, 1.54) is 17.1 Å². The minimum absolute atomic E-state index is 0.0366. The molecule has 0 aliphatic heterocycles. The third kappa shape index (κ3) is 3.68. The minimum atomic E-state index is -0.904. The Morgan fingerprint density at radius 3 is 2.71 bits per heavy atom. The molecule has 0 saturated carbocycles. The number of nitrogens with zero attached hydrogens (tertiary/aromatic N) is 4. The van der Waals surface area contributed by atoms with Crippen LogP contribution in [0, 0.1) is 6.92 Å². The number of aliphatic carboxylic acids is 1. The normalized spacial score (nSPS) is 10.6. The van der Waals surface area contributed by atoms with E-state index in [0.717, 1.165) is 12.2 Å². The third-order valence-corrected chi connectivity index (χ3v) is 2.97. The van der Waals surface area contributed by atoms with Crippen LogP contribution in [0.2, 0.25) is 0 Å². The summed E-state index contributed by atoms with van der Waals surface area (Å²) >= 11 is 0. The Hall–Kier alpha value is -2.64. The van der Waals surface area contributed by atoms with E-state index in [1.807, 2.05) is 13.8 Å². The van der Waals surface area contributed by atoms with E-state index in [1.54, 1.807) is 10.9 Å². The Labute approximate surface area is 121 Å². The molecular formula is C13H17N5O3. The van der Waals surface area contributed by atoms with Gasteiger partial charge in [0.05, 0.1) is 36.1 Å². The van der Waals surface area contributed by atoms with Gasteiger partial charge in [-0.15, -0.1) is 0 Å². The number of carboxylic acids is 1. The van der Waals surface area contributed by atoms with Gasteiger partial charge in [-0.3, -0.25) is 19.0 Å². The van der Waals surface area contributed by atoms with Crippen molar-refractivity contribution in [3.63, 3.8) is 0 Å². The molecule has 8 heteroatoms. The van der Waals surface area contributed by atoms with Crippen molar-refractivity contribution in [2.45, 2.75) is 33.4 Å². The van der Waals surface area contributed by atoms with Crippen molar-refractivity contribution in [1.82, 2.24) is 19.6 Å². The molecule has 0 fully saturated rings. The van der Waals surface area contributed by atoms with E-state index in [-0.39, 0.29) is 18.9 Å². The number of aromatic nitrogens is 4. The monoisotopic (exact) mass is 291 g/mol. The Balaban J connectivity index is 2.03. The van der Waals surface area contributed by atoms with Crippen molar-refractivity contribution >= 4 is 17.6 Å². The summed E-state index contributed by atoms with van der Waals surface area (Å²) in [6.45, 7) is 4.74. The summed E-state index contributed by atoms with van der Waals surface area (Å²) in [5.74, 6) is -1.20. The van der Waals surface area contributed by atoms with Crippen LogP contribution in [0.15, 0.2) is 18.6 Å². The Morgan fingerprint density at radius 2 is 2.10 bits per heavy atom. The fourth-order valence-electron chi connectivity index (χ4n) is 1.81. The fraction of sp³-hybridized carbons (Fsp3) is 0.385. The first-order chi connectivity index (χ1) is 9.99. The maximum atomic E-state index is 12.1. The summed E-state index contributed by atoms with van der Waals surface area (Å²) in [5, 5.41) is 19.6. The molecular weight excluding hydrogens is 274 g/mol. The average molecular weight is 291 g/mol. The fourth-order valence-corrected chi connectivity index (χ4v) is 1.81. The lowest BCUT2D eigenvalue weighted by Crippen LogP contribution is -2.11. The molecule has 21 heavy (non-hydrogen) atoms. The molecule has 0 aliphatic rings. The summed E-state index contributed by atoms with van der Waals surface area (Å²) in [5.41, 5.74) is 1.77. The largest absolute Gasteiger partial charge is 0.481 e. The van der Waals surface area contributed by atoms with Gasteiger partial charge in [-0.25, -0.2) is 0 Å². The Kier molecular flexibility index (Phi) is 4.36. The van der Waals surface area contributed by atoms with Gasteiger partial charge in [-0.1, -0.05) is 0 Å². The standard InChI is InChI=1S/C13H17N5O3/c1-3-17-8-11(9(2)16-17)15-13(21)10-6-14-18(7-10)5-4-12(19)20/h6-8H,3-5H2,1-2H3,(H,15,21)(H,19,20). The zero-order chi connectivity index (χ0) is 15.4. The van der Waals surface area contributed by atoms with Crippen molar-refractivity contribution in [3.8, 4) is 0 Å². The first kappa shape index (κ1) is 14.8. The molecule has 2 heterocycles. The number of hydrogen-bond acceptors (Lipinski definition) is 4. The molecule has 0 unspecified atom stereocenters. The van der Waals surface area contributed by atoms with Crippen molar-refractivity contribution in [1.29, 1.82) is 0 Å². The van der Waals surface area contributed by atoms with Crippen LogP contribution in [0.25, 0.3) is 0 Å². The SMILES string of the molecule is CCn1cc(NC(=O)c2cnn(CCC(=O)O)c2)c(C)n1. The predicted octanol–water partition coefficient (Wildman–Crippen LogP) is 1.13. The second-order valence-corrected chi connectivity index (χ2v) is 4.57. The van der Waals surface area contributed by atoms with Crippen LogP contribution in [0.3, 0.4) is 0 Å². The third-order valence-electron chi connectivity index (χ3n) is 2.97. The number of carbonyl (C=O) groups excluding carboxylic acids is 1. The lowest BCUT2D eigenvalue weighted by atomic mass is 10.3. The molecule has 0 atom stereocenters. The quantitative estimate of drug-likeness (QED) is 0.830. The number of aryl methyl sites for hydroxylation is 3. The second kappa shape index (κ2) is 6.21. The maximum Gasteiger partial charge on any atom is 0.305 e. The van der Waals surface area contributed by atoms with Crippen LogP contribution in [0.5, 0.6) is 0 Å². The molecule has 2 rings (SSSR count). The highest BCUT2D eigenvalue weighted by atomic mass is 16.4.